The second kappa shape index (κ2) is 14.0. The van der Waals surface area contributed by atoms with Crippen molar-refractivity contribution in [2.24, 2.45) is 0 Å². The van der Waals surface area contributed by atoms with Gasteiger partial charge in [0.25, 0.3) is 0 Å². The molecule has 0 saturated heterocycles. The molecule has 0 aliphatic carbocycles. The Labute approximate surface area is 263 Å². The number of fused-ring (bicyclic) bond motifs is 4. The number of hydrogen-bond acceptors (Lipinski definition) is 10. The fourth-order valence-electron chi connectivity index (χ4n) is 5.11. The van der Waals surface area contributed by atoms with Crippen LogP contribution in [0.2, 0.25) is 5.02 Å². The first-order chi connectivity index (χ1) is 21.7. The third-order valence-corrected chi connectivity index (χ3v) is 7.54. The van der Waals surface area contributed by atoms with Gasteiger partial charge in [-0.2, -0.15) is 4.68 Å². The SMILES string of the molecule is COC(=O)Nc1ccc2c(c1)N[C@@H](C(=O)OC)CCCC[C@H](NC(=O)/C=C/c1cc(Cl)ccc1-n1cnnn1)c1nc-2c(C)[nH]1. The Kier molecular flexibility index (Phi) is 9.73. The Bertz CT molecular complexity index is 1720. The van der Waals surface area contributed by atoms with Crippen LogP contribution >= 0.6 is 11.6 Å². The predicted molar refractivity (Wildman–Crippen MR) is 167 cm³/mol. The summed E-state index contributed by atoms with van der Waals surface area (Å²) in [7, 11) is 2.62. The van der Waals surface area contributed by atoms with Gasteiger partial charge in [0, 0.05) is 39.3 Å². The van der Waals surface area contributed by atoms with Crippen molar-refractivity contribution in [2.45, 2.75) is 44.7 Å². The molecule has 3 heterocycles. The Hall–Kier alpha value is -5.24. The smallest absolute Gasteiger partial charge is 0.411 e. The van der Waals surface area contributed by atoms with Gasteiger partial charge in [0.05, 0.1) is 31.6 Å². The predicted octanol–water partition coefficient (Wildman–Crippen LogP) is 4.59. The maximum Gasteiger partial charge on any atom is 0.411 e. The molecular weight excluding hydrogens is 602 g/mol. The molecule has 2 atom stereocenters. The molecule has 2 bridgehead atoms. The number of H-pyrrole nitrogens is 1. The van der Waals surface area contributed by atoms with E-state index < -0.39 is 24.1 Å². The van der Waals surface area contributed by atoms with Gasteiger partial charge in [0.2, 0.25) is 5.91 Å². The van der Waals surface area contributed by atoms with Crippen LogP contribution in [-0.4, -0.2) is 68.4 Å². The molecule has 2 aromatic heterocycles. The summed E-state index contributed by atoms with van der Waals surface area (Å²) >= 11 is 6.22. The molecule has 0 unspecified atom stereocenters. The maximum atomic E-state index is 13.2. The van der Waals surface area contributed by atoms with E-state index in [2.05, 4.69) is 36.5 Å². The number of nitrogens with one attached hydrogen (secondary N) is 4. The van der Waals surface area contributed by atoms with Crippen LogP contribution in [0.3, 0.4) is 0 Å². The highest BCUT2D eigenvalue weighted by molar-refractivity contribution is 6.30. The monoisotopic (exact) mass is 633 g/mol. The number of tetrazole rings is 1. The summed E-state index contributed by atoms with van der Waals surface area (Å²) in [6.07, 6.45) is 6.31. The molecule has 15 heteroatoms. The average Bonchev–Trinajstić information content (AvgIpc) is 3.70. The highest BCUT2D eigenvalue weighted by Gasteiger charge is 2.26. The number of aromatic nitrogens is 6. The standard InChI is InChI=1S/C30H32ClN9O5/c1-17-27-21-11-10-20(34-30(43)45-3)15-24(21)35-23(29(42)44-2)7-5-4-6-22(28(33-17)37-27)36-26(41)13-8-18-14-19(31)9-12-25(18)40-16-32-38-39-40/h8-16,22-23,35H,4-7H2,1-3H3,(H,33,37)(H,34,43)(H,36,41)/b13-8+/t22-,23+/m0/s1. The van der Waals surface area contributed by atoms with Crippen molar-refractivity contribution in [1.82, 2.24) is 35.5 Å². The lowest BCUT2D eigenvalue weighted by atomic mass is 10.0. The second-order valence-electron chi connectivity index (χ2n) is 10.3. The number of amides is 2. The number of halogens is 1. The lowest BCUT2D eigenvalue weighted by molar-refractivity contribution is -0.141. The summed E-state index contributed by atoms with van der Waals surface area (Å²) in [6.45, 7) is 1.88. The topological polar surface area (TPSA) is 178 Å². The number of rotatable bonds is 6. The van der Waals surface area contributed by atoms with E-state index in [0.717, 1.165) is 5.69 Å². The minimum Gasteiger partial charge on any atom is -0.467 e. The summed E-state index contributed by atoms with van der Waals surface area (Å²) in [6, 6.07) is 9.33. The van der Waals surface area contributed by atoms with Crippen LogP contribution in [0.25, 0.3) is 23.0 Å². The molecule has 0 spiro atoms. The number of anilines is 2. The molecule has 5 rings (SSSR count). The zero-order chi connectivity index (χ0) is 31.9. The Morgan fingerprint density at radius 2 is 1.91 bits per heavy atom. The number of hydrogen-bond donors (Lipinski definition) is 4. The van der Waals surface area contributed by atoms with Gasteiger partial charge in [-0.3, -0.25) is 10.1 Å². The molecule has 234 valence electrons. The summed E-state index contributed by atoms with van der Waals surface area (Å²) in [5, 5.41) is 20.8. The van der Waals surface area contributed by atoms with Gasteiger partial charge in [-0.1, -0.05) is 24.4 Å². The number of ether oxygens (including phenoxy) is 2. The highest BCUT2D eigenvalue weighted by atomic mass is 35.5. The average molecular weight is 634 g/mol. The van der Waals surface area contributed by atoms with E-state index in [1.165, 1.54) is 31.3 Å². The van der Waals surface area contributed by atoms with Crippen LogP contribution in [0.5, 0.6) is 0 Å². The minimum absolute atomic E-state index is 0.335. The zero-order valence-corrected chi connectivity index (χ0v) is 25.6. The second-order valence-corrected chi connectivity index (χ2v) is 10.8. The maximum absolute atomic E-state index is 13.2. The molecule has 45 heavy (non-hydrogen) atoms. The van der Waals surface area contributed by atoms with Gasteiger partial charge < -0.3 is 25.1 Å². The first-order valence-corrected chi connectivity index (χ1v) is 14.5. The molecule has 14 nitrogen and oxygen atoms in total. The van der Waals surface area contributed by atoms with Gasteiger partial charge in [-0.25, -0.2) is 14.6 Å². The van der Waals surface area contributed by atoms with Crippen LogP contribution in [0.4, 0.5) is 16.2 Å². The Morgan fingerprint density at radius 1 is 1.09 bits per heavy atom. The van der Waals surface area contributed by atoms with Crippen molar-refractivity contribution in [3.63, 3.8) is 0 Å². The number of aromatic amines is 1. The van der Waals surface area contributed by atoms with Crippen LogP contribution in [-0.2, 0) is 19.1 Å². The van der Waals surface area contributed by atoms with Crippen LogP contribution in [0, 0.1) is 6.92 Å². The fourth-order valence-corrected chi connectivity index (χ4v) is 5.29. The number of methoxy groups -OCH3 is 2. The number of imidazole rings is 1. The third-order valence-electron chi connectivity index (χ3n) is 7.31. The highest BCUT2D eigenvalue weighted by Crippen LogP contribution is 2.35. The molecule has 4 aromatic rings. The van der Waals surface area contributed by atoms with Crippen molar-refractivity contribution >= 4 is 47.0 Å². The van der Waals surface area contributed by atoms with E-state index in [0.29, 0.717) is 70.4 Å². The summed E-state index contributed by atoms with van der Waals surface area (Å²) in [4.78, 5) is 46.1. The fraction of sp³-hybridized carbons (Fsp3) is 0.300. The number of nitrogens with zero attached hydrogens (tertiary/aromatic N) is 5. The zero-order valence-electron chi connectivity index (χ0n) is 24.8. The van der Waals surface area contributed by atoms with E-state index in [1.807, 2.05) is 6.92 Å². The molecule has 2 aromatic carbocycles. The number of esters is 1. The molecule has 1 aliphatic rings. The van der Waals surface area contributed by atoms with Crippen molar-refractivity contribution in [2.75, 3.05) is 24.9 Å². The number of benzene rings is 2. The van der Waals surface area contributed by atoms with Gasteiger partial charge >= 0.3 is 12.1 Å². The molecule has 0 radical (unpaired) electrons. The molecule has 2 amide bonds. The first-order valence-electron chi connectivity index (χ1n) is 14.2. The van der Waals surface area contributed by atoms with Gasteiger partial charge in [-0.05, 0) is 72.7 Å². The van der Waals surface area contributed by atoms with Crippen molar-refractivity contribution < 1.29 is 23.9 Å². The quantitative estimate of drug-likeness (QED) is 0.173. The first kappa shape index (κ1) is 31.2. The van der Waals surface area contributed by atoms with E-state index in [4.69, 9.17) is 26.1 Å². The molecule has 1 aliphatic heterocycles. The Morgan fingerprint density at radius 3 is 2.67 bits per heavy atom. The summed E-state index contributed by atoms with van der Waals surface area (Å²) in [5.41, 5.74) is 4.43. The van der Waals surface area contributed by atoms with Crippen LogP contribution in [0.1, 0.15) is 48.8 Å². The normalized spacial score (nSPS) is 16.4. The molecule has 0 saturated carbocycles. The van der Waals surface area contributed by atoms with Gasteiger partial charge in [-0.15, -0.1) is 5.10 Å². The molecule has 0 fully saturated rings. The largest absolute Gasteiger partial charge is 0.467 e. The van der Waals surface area contributed by atoms with Crippen LogP contribution in [0.15, 0.2) is 48.8 Å². The van der Waals surface area contributed by atoms with Crippen molar-refractivity contribution in [1.29, 1.82) is 0 Å². The van der Waals surface area contributed by atoms with Crippen LogP contribution < -0.4 is 16.0 Å². The van der Waals surface area contributed by atoms with Gasteiger partial charge in [0.1, 0.15) is 18.2 Å². The van der Waals surface area contributed by atoms with Gasteiger partial charge in [0.15, 0.2) is 0 Å². The van der Waals surface area contributed by atoms with E-state index in [-0.39, 0.29) is 5.91 Å². The lowest BCUT2D eigenvalue weighted by Crippen LogP contribution is -2.31. The lowest BCUT2D eigenvalue weighted by Gasteiger charge is -2.22. The minimum atomic E-state index is -0.650. The third kappa shape index (κ3) is 7.47. The van der Waals surface area contributed by atoms with Crippen molar-refractivity contribution in [3.05, 3.63) is 70.9 Å². The van der Waals surface area contributed by atoms with E-state index >= 15 is 0 Å². The number of carbonyl (C=O) groups excluding carboxylic acids is 3. The molecular formula is C30H32ClN9O5. The number of aryl methyl sites for hydroxylation is 1. The summed E-state index contributed by atoms with van der Waals surface area (Å²) in [5.74, 6) is -0.159. The van der Waals surface area contributed by atoms with E-state index in [1.54, 1.807) is 42.5 Å². The van der Waals surface area contributed by atoms with E-state index in [9.17, 15) is 14.4 Å². The molecule has 4 N–H and O–H groups in total. The van der Waals surface area contributed by atoms with Crippen molar-refractivity contribution in [3.8, 4) is 16.9 Å². The Balaban J connectivity index is 1.45. The summed E-state index contributed by atoms with van der Waals surface area (Å²) < 4.78 is 11.3. The number of carbonyl (C=O) groups is 3.